The normalized spacial score (nSPS) is 12.2. The van der Waals surface area contributed by atoms with Gasteiger partial charge < -0.3 is 9.73 Å². The van der Waals surface area contributed by atoms with E-state index in [1.54, 1.807) is 0 Å². The Kier molecular flexibility index (Phi) is 3.27. The predicted molar refractivity (Wildman–Crippen MR) is 77.0 cm³/mol. The average Bonchev–Trinajstić information content (AvgIpc) is 2.92. The van der Waals surface area contributed by atoms with Crippen LogP contribution in [0.4, 0.5) is 0 Å². The van der Waals surface area contributed by atoms with E-state index in [0.717, 1.165) is 11.0 Å². The summed E-state index contributed by atoms with van der Waals surface area (Å²) in [6.45, 7) is 1.82. The molecule has 21 heavy (non-hydrogen) atoms. The number of fused-ring (bicyclic) bond motifs is 1. The smallest absolute Gasteiger partial charge is 0.272 e. The Morgan fingerprint density at radius 1 is 1.29 bits per heavy atom. The van der Waals surface area contributed by atoms with Gasteiger partial charge in [0.1, 0.15) is 17.0 Å². The fourth-order valence-electron chi connectivity index (χ4n) is 2.03. The summed E-state index contributed by atoms with van der Waals surface area (Å²) in [6.07, 6.45) is 0. The van der Waals surface area contributed by atoms with E-state index < -0.39 is 0 Å². The van der Waals surface area contributed by atoms with E-state index in [1.165, 1.54) is 12.1 Å². The van der Waals surface area contributed by atoms with Gasteiger partial charge in [-0.1, -0.05) is 18.2 Å². The van der Waals surface area contributed by atoms with Crippen molar-refractivity contribution >= 4 is 16.9 Å². The number of H-pyrrole nitrogens is 1. The first kappa shape index (κ1) is 13.1. The third kappa shape index (κ3) is 2.69. The lowest BCUT2D eigenvalue weighted by Crippen LogP contribution is -2.28. The fourth-order valence-corrected chi connectivity index (χ4v) is 2.03. The van der Waals surface area contributed by atoms with Crippen LogP contribution in [-0.2, 0) is 0 Å². The molecule has 0 saturated heterocycles. The molecule has 0 aliphatic rings. The first-order valence-electron chi connectivity index (χ1n) is 6.48. The Bertz CT molecular complexity index is 797. The summed E-state index contributed by atoms with van der Waals surface area (Å²) in [6, 6.07) is 11.8. The molecule has 106 valence electrons. The van der Waals surface area contributed by atoms with Crippen molar-refractivity contribution in [1.29, 1.82) is 0 Å². The molecular weight excluding hydrogens is 270 g/mol. The highest BCUT2D eigenvalue weighted by atomic mass is 16.3. The summed E-state index contributed by atoms with van der Waals surface area (Å²) in [7, 11) is 0. The molecule has 2 heterocycles. The number of nitrogens with one attached hydrogen (secondary N) is 2. The second-order valence-corrected chi connectivity index (χ2v) is 4.69. The zero-order valence-corrected chi connectivity index (χ0v) is 11.3. The Hall–Kier alpha value is -2.89. The number of rotatable bonds is 3. The minimum atomic E-state index is -0.376. The van der Waals surface area contributed by atoms with E-state index in [1.807, 2.05) is 37.3 Å². The number of nitrogens with zero attached hydrogens (tertiary/aromatic N) is 1. The Balaban J connectivity index is 1.79. The lowest BCUT2D eigenvalue weighted by Gasteiger charge is -2.10. The molecule has 0 saturated carbocycles. The molecule has 6 nitrogen and oxygen atoms in total. The van der Waals surface area contributed by atoms with Crippen molar-refractivity contribution in [2.75, 3.05) is 0 Å². The molecule has 0 bridgehead atoms. The number of benzene rings is 1. The van der Waals surface area contributed by atoms with Crippen LogP contribution in [0.5, 0.6) is 0 Å². The molecule has 0 aliphatic heterocycles. The highest BCUT2D eigenvalue weighted by molar-refractivity contribution is 5.92. The first-order chi connectivity index (χ1) is 10.1. The van der Waals surface area contributed by atoms with Crippen molar-refractivity contribution in [3.63, 3.8) is 0 Å². The standard InChI is InChI=1S/C15H13N3O3/c1-9(13-8-10-4-2-3-5-12(10)21-13)16-15(20)11-6-7-14(19)18-17-11/h2-9H,1H3,(H,16,20)(H,18,19)/t9-/m0/s1. The molecule has 1 aromatic carbocycles. The van der Waals surface area contributed by atoms with E-state index in [-0.39, 0.29) is 23.2 Å². The van der Waals surface area contributed by atoms with Crippen molar-refractivity contribution in [2.45, 2.75) is 13.0 Å². The Morgan fingerprint density at radius 2 is 2.10 bits per heavy atom. The van der Waals surface area contributed by atoms with Crippen molar-refractivity contribution < 1.29 is 9.21 Å². The maximum absolute atomic E-state index is 12.0. The van der Waals surface area contributed by atoms with Crippen LogP contribution in [0.2, 0.25) is 0 Å². The van der Waals surface area contributed by atoms with Crippen LogP contribution in [0.1, 0.15) is 29.2 Å². The quantitative estimate of drug-likeness (QED) is 0.769. The molecular formula is C15H13N3O3. The number of hydrogen-bond donors (Lipinski definition) is 2. The molecule has 3 rings (SSSR count). The van der Waals surface area contributed by atoms with Crippen LogP contribution in [0.25, 0.3) is 11.0 Å². The van der Waals surface area contributed by atoms with Gasteiger partial charge in [-0.3, -0.25) is 9.59 Å². The zero-order chi connectivity index (χ0) is 14.8. The molecule has 0 spiro atoms. The topological polar surface area (TPSA) is 88.0 Å². The number of aromatic nitrogens is 2. The molecule has 6 heteroatoms. The summed E-state index contributed by atoms with van der Waals surface area (Å²) in [4.78, 5) is 22.9. The van der Waals surface area contributed by atoms with Crippen molar-refractivity contribution in [2.24, 2.45) is 0 Å². The van der Waals surface area contributed by atoms with Gasteiger partial charge in [0.2, 0.25) is 0 Å². The third-order valence-electron chi connectivity index (χ3n) is 3.13. The summed E-state index contributed by atoms with van der Waals surface area (Å²) in [5.41, 5.74) is 0.574. The minimum Gasteiger partial charge on any atom is -0.459 e. The van der Waals surface area contributed by atoms with Crippen LogP contribution in [0.3, 0.4) is 0 Å². The number of hydrogen-bond acceptors (Lipinski definition) is 4. The number of furan rings is 1. The molecule has 2 aromatic heterocycles. The number of para-hydroxylation sites is 1. The summed E-state index contributed by atoms with van der Waals surface area (Å²) in [5, 5.41) is 9.67. The van der Waals surface area contributed by atoms with Gasteiger partial charge in [-0.15, -0.1) is 0 Å². The molecule has 0 aliphatic carbocycles. The SMILES string of the molecule is C[C@H](NC(=O)c1ccc(=O)[nH]n1)c1cc2ccccc2o1. The van der Waals surface area contributed by atoms with Gasteiger partial charge >= 0.3 is 0 Å². The van der Waals surface area contributed by atoms with Crippen LogP contribution in [-0.4, -0.2) is 16.1 Å². The lowest BCUT2D eigenvalue weighted by atomic mass is 10.2. The number of carbonyl (C=O) groups excluding carboxylic acids is 1. The Morgan fingerprint density at radius 3 is 2.81 bits per heavy atom. The summed E-state index contributed by atoms with van der Waals surface area (Å²) < 4.78 is 5.69. The van der Waals surface area contributed by atoms with Gasteiger partial charge in [0.15, 0.2) is 0 Å². The monoisotopic (exact) mass is 283 g/mol. The second kappa shape index (κ2) is 5.24. The number of aromatic amines is 1. The van der Waals surface area contributed by atoms with Crippen molar-refractivity contribution in [1.82, 2.24) is 15.5 Å². The average molecular weight is 283 g/mol. The van der Waals surface area contributed by atoms with Gasteiger partial charge in [0.05, 0.1) is 6.04 Å². The van der Waals surface area contributed by atoms with Gasteiger partial charge in [0.25, 0.3) is 11.5 Å². The first-order valence-corrected chi connectivity index (χ1v) is 6.48. The summed E-state index contributed by atoms with van der Waals surface area (Å²) >= 11 is 0. The van der Waals surface area contributed by atoms with Crippen LogP contribution >= 0.6 is 0 Å². The highest BCUT2D eigenvalue weighted by Gasteiger charge is 2.16. The zero-order valence-electron chi connectivity index (χ0n) is 11.3. The lowest BCUT2D eigenvalue weighted by molar-refractivity contribution is 0.0929. The predicted octanol–water partition coefficient (Wildman–Crippen LogP) is 2.01. The Labute approximate surface area is 119 Å². The van der Waals surface area contributed by atoms with E-state index >= 15 is 0 Å². The van der Waals surface area contributed by atoms with Crippen LogP contribution in [0.15, 0.2) is 51.7 Å². The summed E-state index contributed by atoms with van der Waals surface area (Å²) in [5.74, 6) is 0.285. The molecule has 1 amide bonds. The largest absolute Gasteiger partial charge is 0.459 e. The van der Waals surface area contributed by atoms with Crippen LogP contribution in [0, 0.1) is 0 Å². The van der Waals surface area contributed by atoms with Gasteiger partial charge in [-0.05, 0) is 25.1 Å². The van der Waals surface area contributed by atoms with Crippen molar-refractivity contribution in [3.8, 4) is 0 Å². The minimum absolute atomic E-state index is 0.151. The highest BCUT2D eigenvalue weighted by Crippen LogP contribution is 2.23. The number of amides is 1. The van der Waals surface area contributed by atoms with Gasteiger partial charge in [-0.2, -0.15) is 5.10 Å². The van der Waals surface area contributed by atoms with E-state index in [0.29, 0.717) is 5.76 Å². The van der Waals surface area contributed by atoms with E-state index in [9.17, 15) is 9.59 Å². The van der Waals surface area contributed by atoms with Crippen LogP contribution < -0.4 is 10.9 Å². The van der Waals surface area contributed by atoms with Crippen molar-refractivity contribution in [3.05, 3.63) is 64.3 Å². The van der Waals surface area contributed by atoms with Gasteiger partial charge in [0, 0.05) is 11.5 Å². The molecule has 0 radical (unpaired) electrons. The molecule has 2 N–H and O–H groups in total. The van der Waals surface area contributed by atoms with E-state index in [2.05, 4.69) is 15.5 Å². The van der Waals surface area contributed by atoms with E-state index in [4.69, 9.17) is 4.42 Å². The maximum atomic E-state index is 12.0. The maximum Gasteiger partial charge on any atom is 0.272 e. The third-order valence-corrected chi connectivity index (χ3v) is 3.13. The molecule has 1 atom stereocenters. The number of carbonyl (C=O) groups is 1. The second-order valence-electron chi connectivity index (χ2n) is 4.69. The van der Waals surface area contributed by atoms with Gasteiger partial charge in [-0.25, -0.2) is 5.10 Å². The molecule has 0 fully saturated rings. The fraction of sp³-hybridized carbons (Fsp3) is 0.133. The molecule has 3 aromatic rings. The molecule has 0 unspecified atom stereocenters.